The van der Waals surface area contributed by atoms with Crippen LogP contribution in [0.1, 0.15) is 47.6 Å². The fraction of sp³-hybridized carbons (Fsp3) is 0.500. The van der Waals surface area contributed by atoms with Crippen LogP contribution in [-0.4, -0.2) is 60.5 Å². The third-order valence-corrected chi connectivity index (χ3v) is 7.55. The zero-order valence-electron chi connectivity index (χ0n) is 19.4. The Bertz CT molecular complexity index is 1100. The standard InChI is InChI=1S/C24H32N2O5S/c1-16(2)13-25(21-10-11-32(29,30)15-21)23(27)14-31-24(28)22-12-18(4)26(19(22)5)20-8-6-17(3)7-9-20/h6-9,12,16,21H,10-11,13-15H2,1-5H3/t21-/m0/s1. The SMILES string of the molecule is Cc1ccc(-n2c(C)cc(C(=O)OCC(=O)N(CC(C)C)[C@H]3CCS(=O)(=O)C3)c2C)cc1. The van der Waals surface area contributed by atoms with Crippen LogP contribution >= 0.6 is 0 Å². The van der Waals surface area contributed by atoms with E-state index in [0.717, 1.165) is 22.6 Å². The van der Waals surface area contributed by atoms with Crippen molar-refractivity contribution in [2.45, 2.75) is 47.1 Å². The van der Waals surface area contributed by atoms with E-state index in [9.17, 15) is 18.0 Å². The van der Waals surface area contributed by atoms with Crippen molar-refractivity contribution >= 4 is 21.7 Å². The summed E-state index contributed by atoms with van der Waals surface area (Å²) < 4.78 is 31.1. The fourth-order valence-electron chi connectivity index (χ4n) is 4.22. The van der Waals surface area contributed by atoms with Gasteiger partial charge >= 0.3 is 5.97 Å². The molecular weight excluding hydrogens is 428 g/mol. The molecule has 1 amide bonds. The van der Waals surface area contributed by atoms with Crippen LogP contribution in [0.4, 0.5) is 0 Å². The number of rotatable bonds is 7. The number of benzene rings is 1. The number of amides is 1. The summed E-state index contributed by atoms with van der Waals surface area (Å²) in [7, 11) is -3.13. The Labute approximate surface area is 190 Å². The van der Waals surface area contributed by atoms with Gasteiger partial charge in [-0.2, -0.15) is 0 Å². The monoisotopic (exact) mass is 460 g/mol. The molecule has 0 unspecified atom stereocenters. The quantitative estimate of drug-likeness (QED) is 0.592. The topological polar surface area (TPSA) is 85.7 Å². The van der Waals surface area contributed by atoms with Crippen molar-refractivity contribution in [2.24, 2.45) is 5.92 Å². The van der Waals surface area contributed by atoms with Crippen LogP contribution in [0.15, 0.2) is 30.3 Å². The second-order valence-electron chi connectivity index (χ2n) is 9.03. The predicted octanol–water partition coefficient (Wildman–Crippen LogP) is 3.23. The van der Waals surface area contributed by atoms with E-state index < -0.39 is 22.4 Å². The summed E-state index contributed by atoms with van der Waals surface area (Å²) >= 11 is 0. The Kier molecular flexibility index (Phi) is 7.12. The maximum absolute atomic E-state index is 12.9. The number of nitrogens with zero attached hydrogens (tertiary/aromatic N) is 2. The first-order valence-corrected chi connectivity index (χ1v) is 12.7. The zero-order chi connectivity index (χ0) is 23.6. The summed E-state index contributed by atoms with van der Waals surface area (Å²) in [5, 5.41) is 0. The van der Waals surface area contributed by atoms with E-state index in [4.69, 9.17) is 4.74 Å². The molecule has 32 heavy (non-hydrogen) atoms. The zero-order valence-corrected chi connectivity index (χ0v) is 20.2. The van der Waals surface area contributed by atoms with Crippen molar-refractivity contribution in [3.05, 3.63) is 52.8 Å². The Morgan fingerprint density at radius 1 is 1.16 bits per heavy atom. The van der Waals surface area contributed by atoms with Gasteiger partial charge in [0.05, 0.1) is 17.1 Å². The van der Waals surface area contributed by atoms with Crippen molar-refractivity contribution < 1.29 is 22.7 Å². The molecule has 0 radical (unpaired) electrons. The first-order valence-electron chi connectivity index (χ1n) is 10.9. The minimum Gasteiger partial charge on any atom is -0.452 e. The van der Waals surface area contributed by atoms with Gasteiger partial charge in [0.15, 0.2) is 16.4 Å². The average molecular weight is 461 g/mol. The molecule has 7 nitrogen and oxygen atoms in total. The fourth-order valence-corrected chi connectivity index (χ4v) is 5.95. The third kappa shape index (κ3) is 5.41. The highest BCUT2D eigenvalue weighted by Gasteiger charge is 2.35. The first kappa shape index (κ1) is 24.0. The second-order valence-corrected chi connectivity index (χ2v) is 11.3. The number of hydrogen-bond donors (Lipinski definition) is 0. The summed E-state index contributed by atoms with van der Waals surface area (Å²) in [6.45, 7) is 9.74. The lowest BCUT2D eigenvalue weighted by Gasteiger charge is -2.29. The van der Waals surface area contributed by atoms with Gasteiger partial charge in [0, 0.05) is 29.7 Å². The molecule has 1 saturated heterocycles. The number of carbonyl (C=O) groups excluding carboxylic acids is 2. The Hall–Kier alpha value is -2.61. The highest BCUT2D eigenvalue weighted by atomic mass is 32.2. The van der Waals surface area contributed by atoms with E-state index in [1.807, 2.05) is 63.5 Å². The summed E-state index contributed by atoms with van der Waals surface area (Å²) in [5.41, 5.74) is 4.14. The van der Waals surface area contributed by atoms with Crippen molar-refractivity contribution in [1.29, 1.82) is 0 Å². The molecule has 2 heterocycles. The summed E-state index contributed by atoms with van der Waals surface area (Å²) in [5.74, 6) is -0.692. The van der Waals surface area contributed by atoms with Gasteiger partial charge in [-0.25, -0.2) is 13.2 Å². The highest BCUT2D eigenvalue weighted by Crippen LogP contribution is 2.23. The molecule has 1 aliphatic rings. The number of sulfone groups is 1. The lowest BCUT2D eigenvalue weighted by Crippen LogP contribution is -2.45. The lowest BCUT2D eigenvalue weighted by molar-refractivity contribution is -0.137. The number of ether oxygens (including phenoxy) is 1. The molecule has 1 aromatic carbocycles. The van der Waals surface area contributed by atoms with Gasteiger partial charge < -0.3 is 14.2 Å². The average Bonchev–Trinajstić information content (AvgIpc) is 3.23. The maximum atomic E-state index is 12.9. The molecule has 2 aromatic rings. The van der Waals surface area contributed by atoms with Gasteiger partial charge in [0.25, 0.3) is 5.91 Å². The number of hydrogen-bond acceptors (Lipinski definition) is 5. The minimum atomic E-state index is -3.13. The number of aryl methyl sites for hydroxylation is 2. The van der Waals surface area contributed by atoms with E-state index in [-0.39, 0.29) is 29.4 Å². The van der Waals surface area contributed by atoms with E-state index in [2.05, 4.69) is 0 Å². The van der Waals surface area contributed by atoms with Gasteiger partial charge in [-0.05, 0) is 51.3 Å². The van der Waals surface area contributed by atoms with Gasteiger partial charge in [-0.1, -0.05) is 31.5 Å². The molecule has 1 atom stereocenters. The van der Waals surface area contributed by atoms with Crippen molar-refractivity contribution in [2.75, 3.05) is 24.7 Å². The van der Waals surface area contributed by atoms with Crippen LogP contribution in [0.5, 0.6) is 0 Å². The predicted molar refractivity (Wildman–Crippen MR) is 124 cm³/mol. The molecular formula is C24H32N2O5S. The van der Waals surface area contributed by atoms with Gasteiger partial charge in [0.1, 0.15) is 0 Å². The Morgan fingerprint density at radius 2 is 1.81 bits per heavy atom. The normalized spacial score (nSPS) is 17.5. The van der Waals surface area contributed by atoms with Crippen LogP contribution in [0.2, 0.25) is 0 Å². The largest absolute Gasteiger partial charge is 0.452 e. The molecule has 0 bridgehead atoms. The highest BCUT2D eigenvalue weighted by molar-refractivity contribution is 7.91. The molecule has 1 aliphatic heterocycles. The summed E-state index contributed by atoms with van der Waals surface area (Å²) in [6.07, 6.45) is 0.423. The number of esters is 1. The molecule has 3 rings (SSSR count). The smallest absolute Gasteiger partial charge is 0.340 e. The van der Waals surface area contributed by atoms with E-state index >= 15 is 0 Å². The summed E-state index contributed by atoms with van der Waals surface area (Å²) in [6, 6.07) is 9.41. The maximum Gasteiger partial charge on any atom is 0.340 e. The molecule has 1 aromatic heterocycles. The number of aromatic nitrogens is 1. The Morgan fingerprint density at radius 3 is 2.38 bits per heavy atom. The lowest BCUT2D eigenvalue weighted by atomic mass is 10.1. The molecule has 0 saturated carbocycles. The van der Waals surface area contributed by atoms with Gasteiger partial charge in [0.2, 0.25) is 0 Å². The van der Waals surface area contributed by atoms with Crippen molar-refractivity contribution in [3.8, 4) is 5.69 Å². The van der Waals surface area contributed by atoms with Crippen molar-refractivity contribution in [1.82, 2.24) is 9.47 Å². The van der Waals surface area contributed by atoms with Gasteiger partial charge in [-0.15, -0.1) is 0 Å². The van der Waals surface area contributed by atoms with Crippen molar-refractivity contribution in [3.63, 3.8) is 0 Å². The minimum absolute atomic E-state index is 0.0306. The van der Waals surface area contributed by atoms with Crippen LogP contribution in [-0.2, 0) is 19.4 Å². The van der Waals surface area contributed by atoms with E-state index in [0.29, 0.717) is 18.5 Å². The summed E-state index contributed by atoms with van der Waals surface area (Å²) in [4.78, 5) is 27.2. The van der Waals surface area contributed by atoms with Crippen LogP contribution < -0.4 is 0 Å². The van der Waals surface area contributed by atoms with E-state index in [1.54, 1.807) is 11.0 Å². The first-order chi connectivity index (χ1) is 15.0. The number of carbonyl (C=O) groups is 2. The van der Waals surface area contributed by atoms with Gasteiger partial charge in [-0.3, -0.25) is 4.79 Å². The van der Waals surface area contributed by atoms with Crippen LogP contribution in [0, 0.1) is 26.7 Å². The molecule has 0 aliphatic carbocycles. The third-order valence-electron chi connectivity index (χ3n) is 5.80. The Balaban J connectivity index is 1.72. The van der Waals surface area contributed by atoms with E-state index in [1.165, 1.54) is 0 Å². The molecule has 1 fully saturated rings. The van der Waals surface area contributed by atoms with Crippen LogP contribution in [0.3, 0.4) is 0 Å². The molecule has 8 heteroatoms. The van der Waals surface area contributed by atoms with Crippen LogP contribution in [0.25, 0.3) is 5.69 Å². The second kappa shape index (κ2) is 9.48. The molecule has 174 valence electrons. The molecule has 0 spiro atoms. The molecule has 0 N–H and O–H groups in total.